The Morgan fingerprint density at radius 2 is 2.00 bits per heavy atom. The van der Waals surface area contributed by atoms with Gasteiger partial charge in [0.1, 0.15) is 5.75 Å². The van der Waals surface area contributed by atoms with Crippen LogP contribution in [0.15, 0.2) is 48.8 Å². The van der Waals surface area contributed by atoms with Gasteiger partial charge in [-0.3, -0.25) is 10.8 Å². The summed E-state index contributed by atoms with van der Waals surface area (Å²) in [4.78, 5) is 4.12. The first-order chi connectivity index (χ1) is 9.35. The van der Waals surface area contributed by atoms with Gasteiger partial charge in [-0.15, -0.1) is 0 Å². The van der Waals surface area contributed by atoms with Crippen LogP contribution in [-0.4, -0.2) is 11.6 Å². The van der Waals surface area contributed by atoms with E-state index in [0.29, 0.717) is 0 Å². The Kier molecular flexibility index (Phi) is 4.89. The second-order valence-corrected chi connectivity index (χ2v) is 4.30. The van der Waals surface area contributed by atoms with Gasteiger partial charge >= 0.3 is 0 Å². The molecule has 1 heterocycles. The van der Waals surface area contributed by atoms with Crippen LogP contribution in [0.4, 0.5) is 0 Å². The molecule has 2 rings (SSSR count). The van der Waals surface area contributed by atoms with Gasteiger partial charge in [-0.05, 0) is 35.7 Å². The maximum atomic E-state index is 5.65. The fourth-order valence-electron chi connectivity index (χ4n) is 1.91. The molecule has 2 aromatic rings. The smallest absolute Gasteiger partial charge is 0.119 e. The molecule has 1 unspecified atom stereocenters. The molecular weight excluding hydrogens is 238 g/mol. The van der Waals surface area contributed by atoms with Crippen LogP contribution < -0.4 is 16.0 Å². The molecule has 1 atom stereocenters. The van der Waals surface area contributed by atoms with Gasteiger partial charge in [0, 0.05) is 12.4 Å². The lowest BCUT2D eigenvalue weighted by Gasteiger charge is -2.16. The minimum absolute atomic E-state index is 0.0612. The number of nitrogens with zero attached hydrogens (tertiary/aromatic N) is 1. The van der Waals surface area contributed by atoms with Crippen LogP contribution in [-0.2, 0) is 0 Å². The van der Waals surface area contributed by atoms with E-state index in [4.69, 9.17) is 10.6 Å². The number of rotatable bonds is 6. The lowest BCUT2D eigenvalue weighted by Crippen LogP contribution is -2.28. The van der Waals surface area contributed by atoms with Crippen molar-refractivity contribution in [2.45, 2.75) is 19.4 Å². The highest BCUT2D eigenvalue weighted by atomic mass is 16.5. The molecule has 0 fully saturated rings. The predicted octanol–water partition coefficient (Wildman–Crippen LogP) is 2.42. The van der Waals surface area contributed by atoms with Gasteiger partial charge in [-0.1, -0.05) is 25.1 Å². The summed E-state index contributed by atoms with van der Waals surface area (Å²) in [5.74, 6) is 6.53. The van der Waals surface area contributed by atoms with Crippen LogP contribution >= 0.6 is 0 Å². The molecule has 3 N–H and O–H groups in total. The molecule has 0 radical (unpaired) electrons. The monoisotopic (exact) mass is 257 g/mol. The van der Waals surface area contributed by atoms with Gasteiger partial charge in [0.2, 0.25) is 0 Å². The van der Waals surface area contributed by atoms with Crippen LogP contribution in [0, 0.1) is 0 Å². The van der Waals surface area contributed by atoms with E-state index in [9.17, 15) is 0 Å². The number of aromatic nitrogens is 1. The molecule has 0 spiro atoms. The van der Waals surface area contributed by atoms with Crippen LogP contribution in [0.2, 0.25) is 0 Å². The van der Waals surface area contributed by atoms with Gasteiger partial charge in [0.15, 0.2) is 0 Å². The number of pyridine rings is 1. The fourth-order valence-corrected chi connectivity index (χ4v) is 1.91. The summed E-state index contributed by atoms with van der Waals surface area (Å²) >= 11 is 0. The Balaban J connectivity index is 2.15. The summed E-state index contributed by atoms with van der Waals surface area (Å²) in [7, 11) is 0. The van der Waals surface area contributed by atoms with E-state index >= 15 is 0 Å². The topological polar surface area (TPSA) is 60.2 Å². The number of benzene rings is 1. The summed E-state index contributed by atoms with van der Waals surface area (Å²) in [6.45, 7) is 2.83. The minimum atomic E-state index is -0.0612. The number of hydrazine groups is 1. The molecule has 0 aliphatic rings. The van der Waals surface area contributed by atoms with Crippen molar-refractivity contribution in [1.29, 1.82) is 0 Å². The SMILES string of the molecule is CCCOc1ccc(C(NN)c2cccnc2)cc1. The van der Waals surface area contributed by atoms with Crippen LogP contribution in [0.25, 0.3) is 0 Å². The second kappa shape index (κ2) is 6.87. The minimum Gasteiger partial charge on any atom is -0.494 e. The first-order valence-corrected chi connectivity index (χ1v) is 6.44. The Morgan fingerprint density at radius 3 is 2.58 bits per heavy atom. The molecule has 0 aliphatic carbocycles. The molecular formula is C15H19N3O. The van der Waals surface area contributed by atoms with Crippen molar-refractivity contribution in [3.8, 4) is 5.75 Å². The largest absolute Gasteiger partial charge is 0.494 e. The van der Waals surface area contributed by atoms with Gasteiger partial charge in [-0.2, -0.15) is 0 Å². The van der Waals surface area contributed by atoms with Crippen molar-refractivity contribution in [2.24, 2.45) is 5.84 Å². The zero-order valence-electron chi connectivity index (χ0n) is 11.0. The van der Waals surface area contributed by atoms with Gasteiger partial charge in [0.25, 0.3) is 0 Å². The third-order valence-corrected chi connectivity index (χ3v) is 2.87. The summed E-state index contributed by atoms with van der Waals surface area (Å²) in [5, 5.41) is 0. The van der Waals surface area contributed by atoms with Crippen molar-refractivity contribution in [3.05, 3.63) is 59.9 Å². The Labute approximate surface area is 113 Å². The average Bonchev–Trinajstić information content (AvgIpc) is 2.48. The number of nitrogens with one attached hydrogen (secondary N) is 1. The summed E-state index contributed by atoms with van der Waals surface area (Å²) in [5.41, 5.74) is 4.93. The zero-order valence-corrected chi connectivity index (χ0v) is 11.0. The van der Waals surface area contributed by atoms with E-state index in [1.165, 1.54) is 0 Å². The average molecular weight is 257 g/mol. The molecule has 4 heteroatoms. The molecule has 1 aromatic carbocycles. The molecule has 0 saturated heterocycles. The van der Waals surface area contributed by atoms with Crippen molar-refractivity contribution < 1.29 is 4.74 Å². The normalized spacial score (nSPS) is 12.1. The van der Waals surface area contributed by atoms with Gasteiger partial charge in [-0.25, -0.2) is 5.43 Å². The fraction of sp³-hybridized carbons (Fsp3) is 0.267. The standard InChI is InChI=1S/C15H19N3O/c1-2-10-19-14-7-5-12(6-8-14)15(18-16)13-4-3-9-17-11-13/h3-9,11,15,18H,2,10,16H2,1H3. The number of hydrogen-bond acceptors (Lipinski definition) is 4. The first kappa shape index (κ1) is 13.5. The van der Waals surface area contributed by atoms with E-state index in [-0.39, 0.29) is 6.04 Å². The van der Waals surface area contributed by atoms with Crippen molar-refractivity contribution in [1.82, 2.24) is 10.4 Å². The summed E-state index contributed by atoms with van der Waals surface area (Å²) in [6.07, 6.45) is 4.56. The van der Waals surface area contributed by atoms with E-state index in [2.05, 4.69) is 17.3 Å². The van der Waals surface area contributed by atoms with E-state index in [0.717, 1.165) is 29.9 Å². The Morgan fingerprint density at radius 1 is 1.21 bits per heavy atom. The first-order valence-electron chi connectivity index (χ1n) is 6.44. The second-order valence-electron chi connectivity index (χ2n) is 4.30. The summed E-state index contributed by atoms with van der Waals surface area (Å²) < 4.78 is 5.57. The molecule has 0 aliphatic heterocycles. The van der Waals surface area contributed by atoms with Gasteiger partial charge in [0.05, 0.1) is 12.6 Å². The molecule has 100 valence electrons. The molecule has 1 aromatic heterocycles. The lowest BCUT2D eigenvalue weighted by atomic mass is 10.0. The van der Waals surface area contributed by atoms with E-state index < -0.39 is 0 Å². The number of nitrogens with two attached hydrogens (primary N) is 1. The van der Waals surface area contributed by atoms with E-state index in [1.807, 2.05) is 42.6 Å². The molecule has 0 bridgehead atoms. The number of ether oxygens (including phenoxy) is 1. The quantitative estimate of drug-likeness (QED) is 0.616. The van der Waals surface area contributed by atoms with Crippen LogP contribution in [0.5, 0.6) is 5.75 Å². The van der Waals surface area contributed by atoms with Crippen molar-refractivity contribution >= 4 is 0 Å². The highest BCUT2D eigenvalue weighted by Crippen LogP contribution is 2.22. The zero-order chi connectivity index (χ0) is 13.5. The molecule has 0 saturated carbocycles. The number of hydrogen-bond donors (Lipinski definition) is 2. The Bertz CT molecular complexity index is 485. The molecule has 19 heavy (non-hydrogen) atoms. The maximum Gasteiger partial charge on any atom is 0.119 e. The van der Waals surface area contributed by atoms with Crippen molar-refractivity contribution in [3.63, 3.8) is 0 Å². The maximum absolute atomic E-state index is 5.65. The van der Waals surface area contributed by atoms with Crippen LogP contribution in [0.1, 0.15) is 30.5 Å². The third-order valence-electron chi connectivity index (χ3n) is 2.87. The third kappa shape index (κ3) is 3.53. The van der Waals surface area contributed by atoms with Gasteiger partial charge < -0.3 is 4.74 Å². The van der Waals surface area contributed by atoms with Crippen LogP contribution in [0.3, 0.4) is 0 Å². The molecule has 4 nitrogen and oxygen atoms in total. The summed E-state index contributed by atoms with van der Waals surface area (Å²) in [6, 6.07) is 11.8. The van der Waals surface area contributed by atoms with E-state index in [1.54, 1.807) is 6.20 Å². The van der Waals surface area contributed by atoms with Crippen molar-refractivity contribution in [2.75, 3.05) is 6.61 Å². The lowest BCUT2D eigenvalue weighted by molar-refractivity contribution is 0.317. The molecule has 0 amide bonds. The Hall–Kier alpha value is -1.91. The predicted molar refractivity (Wildman–Crippen MR) is 75.6 cm³/mol. The highest BCUT2D eigenvalue weighted by Gasteiger charge is 2.12. The highest BCUT2D eigenvalue weighted by molar-refractivity contribution is 5.34.